The maximum atomic E-state index is 12.1. The monoisotopic (exact) mass is 292 g/mol. The second-order valence-electron chi connectivity index (χ2n) is 4.44. The van der Waals surface area contributed by atoms with Gasteiger partial charge in [0.05, 0.1) is 25.2 Å². The molecule has 0 aliphatic heterocycles. The summed E-state index contributed by atoms with van der Waals surface area (Å²) in [4.78, 5) is 34.9. The van der Waals surface area contributed by atoms with Crippen LogP contribution in [-0.2, 0) is 14.3 Å². The molecule has 0 aliphatic carbocycles. The van der Waals surface area contributed by atoms with Gasteiger partial charge in [-0.3, -0.25) is 9.59 Å². The molecule has 0 N–H and O–H groups in total. The number of hydrogen-bond acceptors (Lipinski definition) is 5. The first kappa shape index (κ1) is 16.9. The minimum absolute atomic E-state index is 0.107. The first-order valence-electron chi connectivity index (χ1n) is 7.05. The smallest absolute Gasteiger partial charge is 0.375 e. The molecule has 1 rings (SSSR count). The summed E-state index contributed by atoms with van der Waals surface area (Å²) in [5.74, 6) is -1.83. The number of hydrogen-bond donors (Lipinski definition) is 0. The van der Waals surface area contributed by atoms with Crippen molar-refractivity contribution in [2.75, 3.05) is 13.2 Å². The van der Waals surface area contributed by atoms with Crippen molar-refractivity contribution >= 4 is 17.5 Å². The zero-order chi connectivity index (χ0) is 15.7. The van der Waals surface area contributed by atoms with Gasteiger partial charge in [0, 0.05) is 0 Å². The largest absolute Gasteiger partial charge is 0.493 e. The van der Waals surface area contributed by atoms with Gasteiger partial charge in [0.2, 0.25) is 5.78 Å². The fraction of sp³-hybridized carbons (Fsp3) is 0.438. The number of benzene rings is 1. The van der Waals surface area contributed by atoms with E-state index < -0.39 is 24.0 Å². The summed E-state index contributed by atoms with van der Waals surface area (Å²) < 4.78 is 10.1. The molecule has 0 aromatic heterocycles. The van der Waals surface area contributed by atoms with Crippen LogP contribution < -0.4 is 4.74 Å². The topological polar surface area (TPSA) is 69.7 Å². The van der Waals surface area contributed by atoms with E-state index in [1.165, 1.54) is 0 Å². The van der Waals surface area contributed by atoms with E-state index in [1.807, 2.05) is 6.92 Å². The minimum Gasteiger partial charge on any atom is -0.493 e. The quantitative estimate of drug-likeness (QED) is 0.230. The Hall–Kier alpha value is -2.17. The van der Waals surface area contributed by atoms with E-state index >= 15 is 0 Å². The van der Waals surface area contributed by atoms with Crippen molar-refractivity contribution in [3.05, 3.63) is 29.8 Å². The number of Topliss-reactive ketones (excluding diaryl/α,β-unsaturated/α-hetero) is 2. The summed E-state index contributed by atoms with van der Waals surface area (Å²) in [6, 6.07) is 6.71. The predicted molar refractivity (Wildman–Crippen MR) is 77.4 cm³/mol. The lowest BCUT2D eigenvalue weighted by atomic mass is 10.0. The summed E-state index contributed by atoms with van der Waals surface area (Å²) in [6.45, 7) is 4.25. The average Bonchev–Trinajstić information content (AvgIpc) is 2.48. The fourth-order valence-corrected chi connectivity index (χ4v) is 1.67. The van der Waals surface area contributed by atoms with Gasteiger partial charge >= 0.3 is 5.97 Å². The zero-order valence-corrected chi connectivity index (χ0v) is 12.4. The summed E-state index contributed by atoms with van der Waals surface area (Å²) in [6.07, 6.45) is 1.36. The highest BCUT2D eigenvalue weighted by atomic mass is 16.5. The number of ketones is 2. The molecule has 0 bridgehead atoms. The molecule has 0 saturated carbocycles. The van der Waals surface area contributed by atoms with Crippen molar-refractivity contribution in [1.29, 1.82) is 0 Å². The van der Waals surface area contributed by atoms with Crippen LogP contribution in [0.1, 0.15) is 43.5 Å². The van der Waals surface area contributed by atoms with E-state index in [4.69, 9.17) is 4.74 Å². The van der Waals surface area contributed by atoms with Gasteiger partial charge in [0.25, 0.3) is 0 Å². The van der Waals surface area contributed by atoms with Crippen molar-refractivity contribution in [3.63, 3.8) is 0 Å². The Labute approximate surface area is 124 Å². The Morgan fingerprint density at radius 3 is 2.48 bits per heavy atom. The average molecular weight is 292 g/mol. The summed E-state index contributed by atoms with van der Waals surface area (Å²) in [5, 5.41) is 0. The van der Waals surface area contributed by atoms with Crippen molar-refractivity contribution < 1.29 is 23.9 Å². The zero-order valence-electron chi connectivity index (χ0n) is 12.4. The third-order valence-corrected chi connectivity index (χ3v) is 2.77. The molecule has 114 valence electrons. The number of carbonyl (C=O) groups excluding carboxylic acids is 3. The van der Waals surface area contributed by atoms with Crippen LogP contribution in [0, 0.1) is 0 Å². The first-order chi connectivity index (χ1) is 10.1. The maximum absolute atomic E-state index is 12.1. The van der Waals surface area contributed by atoms with E-state index in [0.29, 0.717) is 17.9 Å². The van der Waals surface area contributed by atoms with Gasteiger partial charge in [0.15, 0.2) is 5.78 Å². The molecule has 5 nitrogen and oxygen atoms in total. The number of para-hydroxylation sites is 1. The van der Waals surface area contributed by atoms with E-state index in [2.05, 4.69) is 4.74 Å². The van der Waals surface area contributed by atoms with Gasteiger partial charge in [-0.05, 0) is 25.5 Å². The highest BCUT2D eigenvalue weighted by Gasteiger charge is 2.21. The van der Waals surface area contributed by atoms with E-state index in [1.54, 1.807) is 31.2 Å². The molecule has 0 fully saturated rings. The van der Waals surface area contributed by atoms with E-state index in [0.717, 1.165) is 12.8 Å². The lowest BCUT2D eigenvalue weighted by Gasteiger charge is -2.10. The summed E-state index contributed by atoms with van der Waals surface area (Å²) >= 11 is 0. The van der Waals surface area contributed by atoms with Crippen molar-refractivity contribution in [3.8, 4) is 5.75 Å². The molecule has 0 radical (unpaired) electrons. The van der Waals surface area contributed by atoms with Crippen LogP contribution in [0.2, 0.25) is 0 Å². The van der Waals surface area contributed by atoms with Crippen LogP contribution >= 0.6 is 0 Å². The van der Waals surface area contributed by atoms with Gasteiger partial charge in [-0.2, -0.15) is 0 Å². The number of ether oxygens (including phenoxy) is 2. The molecule has 5 heteroatoms. The highest BCUT2D eigenvalue weighted by molar-refractivity contribution is 6.38. The molecule has 0 amide bonds. The Balaban J connectivity index is 2.73. The minimum atomic E-state index is -0.977. The van der Waals surface area contributed by atoms with Crippen molar-refractivity contribution in [2.24, 2.45) is 0 Å². The van der Waals surface area contributed by atoms with Crippen LogP contribution in [-0.4, -0.2) is 30.7 Å². The Bertz CT molecular complexity index is 507. The number of rotatable bonds is 9. The van der Waals surface area contributed by atoms with Crippen LogP contribution in [0.4, 0.5) is 0 Å². The van der Waals surface area contributed by atoms with Gasteiger partial charge < -0.3 is 9.47 Å². The molecule has 21 heavy (non-hydrogen) atoms. The number of unbranched alkanes of at least 4 members (excludes halogenated alkanes) is 1. The molecule has 0 saturated heterocycles. The highest BCUT2D eigenvalue weighted by Crippen LogP contribution is 2.20. The third-order valence-electron chi connectivity index (χ3n) is 2.77. The molecule has 0 aliphatic rings. The molecular formula is C16H20O5. The lowest BCUT2D eigenvalue weighted by Crippen LogP contribution is -2.21. The van der Waals surface area contributed by atoms with Crippen LogP contribution in [0.3, 0.4) is 0 Å². The molecule has 0 atom stereocenters. The molecule has 1 aromatic rings. The molecule has 0 spiro atoms. The molecule has 0 heterocycles. The second-order valence-corrected chi connectivity index (χ2v) is 4.44. The first-order valence-corrected chi connectivity index (χ1v) is 7.05. The molecular weight excluding hydrogens is 272 g/mol. The van der Waals surface area contributed by atoms with Gasteiger partial charge in [-0.25, -0.2) is 4.79 Å². The Morgan fingerprint density at radius 2 is 1.81 bits per heavy atom. The Kier molecular flexibility index (Phi) is 7.15. The van der Waals surface area contributed by atoms with Gasteiger partial charge in [-0.1, -0.05) is 25.5 Å². The Morgan fingerprint density at radius 1 is 1.10 bits per heavy atom. The molecule has 1 aromatic carbocycles. The maximum Gasteiger partial charge on any atom is 0.375 e. The SMILES string of the molecule is CCCCOc1ccccc1C(=O)CC(=O)C(=O)OCC. The van der Waals surface area contributed by atoms with Crippen molar-refractivity contribution in [1.82, 2.24) is 0 Å². The fourth-order valence-electron chi connectivity index (χ4n) is 1.67. The predicted octanol–water partition coefficient (Wildman–Crippen LogP) is 2.57. The summed E-state index contributed by atoms with van der Waals surface area (Å²) in [7, 11) is 0. The summed E-state index contributed by atoms with van der Waals surface area (Å²) in [5.41, 5.74) is 0.311. The van der Waals surface area contributed by atoms with Crippen molar-refractivity contribution in [2.45, 2.75) is 33.1 Å². The van der Waals surface area contributed by atoms with Crippen LogP contribution in [0.5, 0.6) is 5.75 Å². The second kappa shape index (κ2) is 8.89. The van der Waals surface area contributed by atoms with Crippen LogP contribution in [0.15, 0.2) is 24.3 Å². The van der Waals surface area contributed by atoms with Gasteiger partial charge in [-0.15, -0.1) is 0 Å². The molecule has 0 unspecified atom stereocenters. The lowest BCUT2D eigenvalue weighted by molar-refractivity contribution is -0.153. The number of carbonyl (C=O) groups is 3. The normalized spacial score (nSPS) is 10.0. The standard InChI is InChI=1S/C16H20O5/c1-3-5-10-21-15-9-7-6-8-12(15)13(17)11-14(18)16(19)20-4-2/h6-9H,3-5,10-11H2,1-2H3. The third kappa shape index (κ3) is 5.38. The number of esters is 1. The van der Waals surface area contributed by atoms with Crippen LogP contribution in [0.25, 0.3) is 0 Å². The van der Waals surface area contributed by atoms with E-state index in [9.17, 15) is 14.4 Å². The van der Waals surface area contributed by atoms with Gasteiger partial charge in [0.1, 0.15) is 5.75 Å². The van der Waals surface area contributed by atoms with E-state index in [-0.39, 0.29) is 6.61 Å².